The lowest BCUT2D eigenvalue weighted by Gasteiger charge is -2.42. The third kappa shape index (κ3) is 1.98. The van der Waals surface area contributed by atoms with Crippen LogP contribution in [0.5, 0.6) is 0 Å². The lowest BCUT2D eigenvalue weighted by molar-refractivity contribution is 0.0848. The van der Waals surface area contributed by atoms with E-state index in [0.717, 1.165) is 17.8 Å². The molecule has 11 heavy (non-hydrogen) atoms. The van der Waals surface area contributed by atoms with E-state index in [1.807, 2.05) is 0 Å². The normalized spacial score (nSPS) is 43.9. The molecular weight excluding hydrogens is 132 g/mol. The number of rotatable bonds is 0. The van der Waals surface area contributed by atoms with Crippen LogP contribution in [-0.4, -0.2) is 0 Å². The molecule has 0 heteroatoms. The van der Waals surface area contributed by atoms with Crippen LogP contribution in [0.4, 0.5) is 0 Å². The molecule has 0 N–H and O–H groups in total. The van der Waals surface area contributed by atoms with Gasteiger partial charge in [-0.05, 0) is 36.0 Å². The van der Waals surface area contributed by atoms with Crippen LogP contribution in [0.25, 0.3) is 0 Å². The molecule has 0 nitrogen and oxygen atoms in total. The Balaban J connectivity index is 2.62. The molecule has 0 aromatic heterocycles. The van der Waals surface area contributed by atoms with Gasteiger partial charge in [0.05, 0.1) is 0 Å². The van der Waals surface area contributed by atoms with Crippen LogP contribution in [0.1, 0.15) is 47.5 Å². The molecule has 2 unspecified atom stereocenters. The van der Waals surface area contributed by atoms with Crippen LogP contribution in [0, 0.1) is 23.2 Å². The van der Waals surface area contributed by atoms with Crippen LogP contribution < -0.4 is 0 Å². The molecule has 0 aromatic rings. The van der Waals surface area contributed by atoms with Crippen LogP contribution in [0.15, 0.2) is 0 Å². The largest absolute Gasteiger partial charge is 0.0622 e. The third-order valence-electron chi connectivity index (χ3n) is 3.54. The Morgan fingerprint density at radius 2 is 1.27 bits per heavy atom. The average Bonchev–Trinajstić information content (AvgIpc) is 1.81. The highest BCUT2D eigenvalue weighted by atomic mass is 14.4. The minimum absolute atomic E-state index is 0.603. The second-order valence-electron chi connectivity index (χ2n) is 5.39. The first-order valence-corrected chi connectivity index (χ1v) is 4.92. The standard InChI is InChI=1S/C11H22/c1-8-6-11(4,5)7-9(2)10(8)3/h8-10H,6-7H2,1-5H3. The molecule has 1 saturated carbocycles. The predicted molar refractivity (Wildman–Crippen MR) is 50.5 cm³/mol. The third-order valence-corrected chi connectivity index (χ3v) is 3.54. The van der Waals surface area contributed by atoms with Crippen LogP contribution >= 0.6 is 0 Å². The van der Waals surface area contributed by atoms with Gasteiger partial charge in [-0.1, -0.05) is 34.6 Å². The van der Waals surface area contributed by atoms with Crippen molar-refractivity contribution in [2.45, 2.75) is 47.5 Å². The van der Waals surface area contributed by atoms with Crippen molar-refractivity contribution in [2.75, 3.05) is 0 Å². The molecule has 1 aliphatic carbocycles. The molecule has 0 saturated heterocycles. The van der Waals surface area contributed by atoms with Gasteiger partial charge in [0.2, 0.25) is 0 Å². The smallest absolute Gasteiger partial charge is 0.0349 e. The Hall–Kier alpha value is 0. The van der Waals surface area contributed by atoms with Gasteiger partial charge in [-0.3, -0.25) is 0 Å². The molecular formula is C11H22. The zero-order valence-corrected chi connectivity index (χ0v) is 8.65. The quantitative estimate of drug-likeness (QED) is 0.499. The molecule has 1 aliphatic rings. The van der Waals surface area contributed by atoms with E-state index in [1.165, 1.54) is 12.8 Å². The van der Waals surface area contributed by atoms with Crippen molar-refractivity contribution in [3.63, 3.8) is 0 Å². The van der Waals surface area contributed by atoms with Gasteiger partial charge in [0.15, 0.2) is 0 Å². The first-order valence-electron chi connectivity index (χ1n) is 4.92. The SMILES string of the molecule is CC1CC(C)(C)CC(C)C1C. The first kappa shape index (κ1) is 9.09. The fourth-order valence-corrected chi connectivity index (χ4v) is 2.76. The van der Waals surface area contributed by atoms with Gasteiger partial charge >= 0.3 is 0 Å². The van der Waals surface area contributed by atoms with Crippen molar-refractivity contribution >= 4 is 0 Å². The molecule has 1 rings (SSSR count). The Morgan fingerprint density at radius 1 is 0.909 bits per heavy atom. The zero-order chi connectivity index (χ0) is 8.65. The predicted octanol–water partition coefficient (Wildman–Crippen LogP) is 3.71. The van der Waals surface area contributed by atoms with E-state index >= 15 is 0 Å². The molecule has 2 atom stereocenters. The minimum Gasteiger partial charge on any atom is -0.0622 e. The molecule has 0 spiro atoms. The molecule has 66 valence electrons. The highest BCUT2D eigenvalue weighted by molar-refractivity contribution is 4.84. The van der Waals surface area contributed by atoms with Crippen molar-refractivity contribution in [1.82, 2.24) is 0 Å². The number of hydrogen-bond acceptors (Lipinski definition) is 0. The van der Waals surface area contributed by atoms with Crippen molar-refractivity contribution in [3.8, 4) is 0 Å². The summed E-state index contributed by atoms with van der Waals surface area (Å²) < 4.78 is 0. The molecule has 0 aromatic carbocycles. The Labute approximate surface area is 71.4 Å². The van der Waals surface area contributed by atoms with Gasteiger partial charge in [-0.15, -0.1) is 0 Å². The maximum atomic E-state index is 2.41. The molecule has 0 bridgehead atoms. The number of hydrogen-bond donors (Lipinski definition) is 0. The van der Waals surface area contributed by atoms with E-state index in [0.29, 0.717) is 5.41 Å². The summed E-state index contributed by atoms with van der Waals surface area (Å²) in [5.41, 5.74) is 0.603. The molecule has 0 amide bonds. The van der Waals surface area contributed by atoms with Gasteiger partial charge in [0.1, 0.15) is 0 Å². The Kier molecular flexibility index (Phi) is 2.32. The van der Waals surface area contributed by atoms with Gasteiger partial charge in [-0.25, -0.2) is 0 Å². The topological polar surface area (TPSA) is 0 Å². The van der Waals surface area contributed by atoms with Gasteiger partial charge in [0.25, 0.3) is 0 Å². The van der Waals surface area contributed by atoms with E-state index < -0.39 is 0 Å². The van der Waals surface area contributed by atoms with Crippen molar-refractivity contribution in [3.05, 3.63) is 0 Å². The Morgan fingerprint density at radius 3 is 1.64 bits per heavy atom. The second kappa shape index (κ2) is 2.80. The maximum absolute atomic E-state index is 2.41. The summed E-state index contributed by atoms with van der Waals surface area (Å²) in [5.74, 6) is 2.78. The highest BCUT2D eigenvalue weighted by Crippen LogP contribution is 2.44. The summed E-state index contributed by atoms with van der Waals surface area (Å²) in [4.78, 5) is 0. The van der Waals surface area contributed by atoms with Crippen LogP contribution in [0.3, 0.4) is 0 Å². The summed E-state index contributed by atoms with van der Waals surface area (Å²) in [6.07, 6.45) is 2.83. The molecule has 0 heterocycles. The molecule has 0 aliphatic heterocycles. The van der Waals surface area contributed by atoms with Crippen molar-refractivity contribution in [1.29, 1.82) is 0 Å². The van der Waals surface area contributed by atoms with Gasteiger partial charge < -0.3 is 0 Å². The van der Waals surface area contributed by atoms with Gasteiger partial charge in [0, 0.05) is 0 Å². The second-order valence-corrected chi connectivity index (χ2v) is 5.39. The monoisotopic (exact) mass is 154 g/mol. The van der Waals surface area contributed by atoms with Crippen molar-refractivity contribution in [2.24, 2.45) is 23.2 Å². The lowest BCUT2D eigenvalue weighted by Crippen LogP contribution is -2.32. The minimum atomic E-state index is 0.603. The fraction of sp³-hybridized carbons (Fsp3) is 1.00. The molecule has 0 radical (unpaired) electrons. The molecule has 1 fully saturated rings. The van der Waals surface area contributed by atoms with E-state index in [9.17, 15) is 0 Å². The zero-order valence-electron chi connectivity index (χ0n) is 8.65. The summed E-state index contributed by atoms with van der Waals surface area (Å²) in [5, 5.41) is 0. The maximum Gasteiger partial charge on any atom is -0.0349 e. The highest BCUT2D eigenvalue weighted by Gasteiger charge is 2.34. The van der Waals surface area contributed by atoms with E-state index in [-0.39, 0.29) is 0 Å². The van der Waals surface area contributed by atoms with E-state index in [4.69, 9.17) is 0 Å². The summed E-state index contributed by atoms with van der Waals surface area (Å²) >= 11 is 0. The Bertz CT molecular complexity index is 121. The fourth-order valence-electron chi connectivity index (χ4n) is 2.76. The lowest BCUT2D eigenvalue weighted by atomic mass is 9.64. The van der Waals surface area contributed by atoms with E-state index in [2.05, 4.69) is 34.6 Å². The van der Waals surface area contributed by atoms with Crippen LogP contribution in [0.2, 0.25) is 0 Å². The van der Waals surface area contributed by atoms with E-state index in [1.54, 1.807) is 0 Å². The summed E-state index contributed by atoms with van der Waals surface area (Å²) in [7, 11) is 0. The first-order chi connectivity index (χ1) is 4.92. The van der Waals surface area contributed by atoms with Crippen LogP contribution in [-0.2, 0) is 0 Å². The van der Waals surface area contributed by atoms with Crippen molar-refractivity contribution < 1.29 is 0 Å². The average molecular weight is 154 g/mol. The van der Waals surface area contributed by atoms with Gasteiger partial charge in [-0.2, -0.15) is 0 Å². The summed E-state index contributed by atoms with van der Waals surface area (Å²) in [6, 6.07) is 0. The summed E-state index contributed by atoms with van der Waals surface area (Å²) in [6.45, 7) is 12.0.